The molecule has 0 saturated heterocycles. The van der Waals surface area contributed by atoms with Crippen LogP contribution in [0.1, 0.15) is 119 Å². The smallest absolute Gasteiger partial charge is 0.339 e. The molecule has 0 bridgehead atoms. The van der Waals surface area contributed by atoms with Crippen LogP contribution in [0.5, 0.6) is 0 Å². The molecule has 1 atom stereocenters. The van der Waals surface area contributed by atoms with Gasteiger partial charge in [-0.2, -0.15) is 0 Å². The molecule has 1 unspecified atom stereocenters. The van der Waals surface area contributed by atoms with Crippen molar-refractivity contribution >= 4 is 11.9 Å². The predicted octanol–water partition coefficient (Wildman–Crippen LogP) is 7.36. The van der Waals surface area contributed by atoms with Crippen LogP contribution in [0.15, 0.2) is 24.3 Å². The number of carbonyl (C=O) groups excluding carboxylic acids is 2. The minimum absolute atomic E-state index is 0.175. The van der Waals surface area contributed by atoms with Crippen molar-refractivity contribution < 1.29 is 19.1 Å². The molecule has 0 saturated carbocycles. The third kappa shape index (κ3) is 11.4. The van der Waals surface area contributed by atoms with Gasteiger partial charge in [0, 0.05) is 0 Å². The molecule has 0 aliphatic rings. The first-order valence-electron chi connectivity index (χ1n) is 11.9. The van der Waals surface area contributed by atoms with Crippen LogP contribution in [0.25, 0.3) is 0 Å². The van der Waals surface area contributed by atoms with E-state index in [1.807, 2.05) is 6.92 Å². The third-order valence-electron chi connectivity index (χ3n) is 5.31. The first-order chi connectivity index (χ1) is 14.5. The zero-order valence-electron chi connectivity index (χ0n) is 19.6. The highest BCUT2D eigenvalue weighted by Crippen LogP contribution is 2.16. The summed E-state index contributed by atoms with van der Waals surface area (Å²) in [7, 11) is 0. The van der Waals surface area contributed by atoms with Gasteiger partial charge in [0.1, 0.15) is 0 Å². The Bertz CT molecular complexity index is 609. The van der Waals surface area contributed by atoms with Gasteiger partial charge in [0.15, 0.2) is 0 Å². The monoisotopic (exact) mass is 418 g/mol. The Balaban J connectivity index is 2.36. The van der Waals surface area contributed by atoms with Crippen molar-refractivity contribution in [2.45, 2.75) is 104 Å². The van der Waals surface area contributed by atoms with Gasteiger partial charge >= 0.3 is 11.9 Å². The fourth-order valence-corrected chi connectivity index (χ4v) is 3.37. The van der Waals surface area contributed by atoms with Gasteiger partial charge in [0.2, 0.25) is 0 Å². The summed E-state index contributed by atoms with van der Waals surface area (Å²) < 4.78 is 11.0. The molecule has 0 heterocycles. The molecule has 0 radical (unpaired) electrons. The van der Waals surface area contributed by atoms with Crippen LogP contribution >= 0.6 is 0 Å². The SMILES string of the molecule is CCCCCCCCCCCOC(=O)c1ccccc1C(=O)OC(C)CCC(C)C. The summed E-state index contributed by atoms with van der Waals surface area (Å²) in [5.74, 6) is -0.340. The lowest BCUT2D eigenvalue weighted by Crippen LogP contribution is -2.19. The highest BCUT2D eigenvalue weighted by Gasteiger charge is 2.20. The van der Waals surface area contributed by atoms with Crippen molar-refractivity contribution in [3.8, 4) is 0 Å². The van der Waals surface area contributed by atoms with Gasteiger partial charge in [-0.25, -0.2) is 9.59 Å². The van der Waals surface area contributed by atoms with E-state index < -0.39 is 11.9 Å². The molecule has 0 fully saturated rings. The van der Waals surface area contributed by atoms with Gasteiger partial charge in [-0.05, 0) is 44.2 Å². The Kier molecular flexibility index (Phi) is 13.9. The van der Waals surface area contributed by atoms with E-state index in [9.17, 15) is 9.59 Å². The second kappa shape index (κ2) is 15.9. The van der Waals surface area contributed by atoms with Gasteiger partial charge in [-0.3, -0.25) is 0 Å². The van der Waals surface area contributed by atoms with E-state index >= 15 is 0 Å². The second-order valence-electron chi connectivity index (χ2n) is 8.70. The molecule has 0 aliphatic heterocycles. The lowest BCUT2D eigenvalue weighted by atomic mass is 10.1. The van der Waals surface area contributed by atoms with Crippen LogP contribution in [0.3, 0.4) is 0 Å². The van der Waals surface area contributed by atoms with Crippen LogP contribution < -0.4 is 0 Å². The number of hydrogen-bond donors (Lipinski definition) is 0. The number of carbonyl (C=O) groups is 2. The summed E-state index contributed by atoms with van der Waals surface area (Å²) in [4.78, 5) is 25.0. The summed E-state index contributed by atoms with van der Waals surface area (Å²) in [5.41, 5.74) is 0.570. The first kappa shape index (κ1) is 26.2. The molecule has 1 rings (SSSR count). The number of rotatable bonds is 16. The van der Waals surface area contributed by atoms with E-state index in [2.05, 4.69) is 20.8 Å². The normalized spacial score (nSPS) is 12.0. The van der Waals surface area contributed by atoms with Gasteiger partial charge in [-0.1, -0.05) is 84.3 Å². The number of unbranched alkanes of at least 4 members (excludes halogenated alkanes) is 8. The molecular formula is C26H42O4. The second-order valence-corrected chi connectivity index (χ2v) is 8.70. The molecule has 0 aliphatic carbocycles. The largest absolute Gasteiger partial charge is 0.462 e. The van der Waals surface area contributed by atoms with Crippen LogP contribution in [0, 0.1) is 5.92 Å². The molecule has 4 nitrogen and oxygen atoms in total. The standard InChI is InChI=1S/C26H42O4/c1-5-6-7-8-9-10-11-12-15-20-29-25(27)23-16-13-14-17-24(23)26(28)30-22(4)19-18-21(2)3/h13-14,16-17,21-22H,5-12,15,18-20H2,1-4H3. The van der Waals surface area contributed by atoms with E-state index in [0.29, 0.717) is 12.5 Å². The molecule has 4 heteroatoms. The van der Waals surface area contributed by atoms with E-state index in [4.69, 9.17) is 9.47 Å². The number of benzene rings is 1. The average Bonchev–Trinajstić information content (AvgIpc) is 2.73. The zero-order chi connectivity index (χ0) is 22.2. The maximum Gasteiger partial charge on any atom is 0.339 e. The molecule has 30 heavy (non-hydrogen) atoms. The van der Waals surface area contributed by atoms with E-state index in [1.165, 1.54) is 44.9 Å². The minimum Gasteiger partial charge on any atom is -0.462 e. The van der Waals surface area contributed by atoms with E-state index in [0.717, 1.165) is 25.7 Å². The van der Waals surface area contributed by atoms with Crippen molar-refractivity contribution in [3.63, 3.8) is 0 Å². The van der Waals surface area contributed by atoms with Crippen LogP contribution in [-0.2, 0) is 9.47 Å². The third-order valence-corrected chi connectivity index (χ3v) is 5.31. The summed E-state index contributed by atoms with van der Waals surface area (Å²) in [5, 5.41) is 0. The van der Waals surface area contributed by atoms with Gasteiger partial charge < -0.3 is 9.47 Å². The quantitative estimate of drug-likeness (QED) is 0.208. The first-order valence-corrected chi connectivity index (χ1v) is 11.9. The predicted molar refractivity (Wildman–Crippen MR) is 123 cm³/mol. The fraction of sp³-hybridized carbons (Fsp3) is 0.692. The Morgan fingerprint density at radius 1 is 0.767 bits per heavy atom. The molecule has 0 amide bonds. The molecule has 0 N–H and O–H groups in total. The Hall–Kier alpha value is -1.84. The Labute approximate surface area is 183 Å². The van der Waals surface area contributed by atoms with Crippen LogP contribution in [0.2, 0.25) is 0 Å². The minimum atomic E-state index is -0.457. The van der Waals surface area contributed by atoms with Gasteiger partial charge in [0.05, 0.1) is 23.8 Å². The summed E-state index contributed by atoms with van der Waals surface area (Å²) in [6, 6.07) is 6.75. The average molecular weight is 419 g/mol. The van der Waals surface area contributed by atoms with Gasteiger partial charge in [-0.15, -0.1) is 0 Å². The molecule has 1 aromatic rings. The lowest BCUT2D eigenvalue weighted by molar-refractivity contribution is 0.0302. The molecule has 0 aromatic heterocycles. The van der Waals surface area contributed by atoms with Gasteiger partial charge in [0.25, 0.3) is 0 Å². The number of hydrogen-bond acceptors (Lipinski definition) is 4. The number of esters is 2. The number of ether oxygens (including phenoxy) is 2. The summed E-state index contributed by atoms with van der Waals surface area (Å²) in [6.45, 7) is 8.81. The van der Waals surface area contributed by atoms with E-state index in [-0.39, 0.29) is 17.2 Å². The Morgan fingerprint density at radius 3 is 1.87 bits per heavy atom. The van der Waals surface area contributed by atoms with Crippen molar-refractivity contribution in [3.05, 3.63) is 35.4 Å². The molecule has 1 aromatic carbocycles. The van der Waals surface area contributed by atoms with Crippen molar-refractivity contribution in [1.29, 1.82) is 0 Å². The van der Waals surface area contributed by atoms with Crippen molar-refractivity contribution in [2.24, 2.45) is 5.92 Å². The summed E-state index contributed by atoms with van der Waals surface area (Å²) in [6.07, 6.45) is 12.6. The maximum absolute atomic E-state index is 12.5. The Morgan fingerprint density at radius 2 is 1.30 bits per heavy atom. The lowest BCUT2D eigenvalue weighted by Gasteiger charge is -2.15. The van der Waals surface area contributed by atoms with Crippen molar-refractivity contribution in [2.75, 3.05) is 6.61 Å². The fourth-order valence-electron chi connectivity index (χ4n) is 3.37. The highest BCUT2D eigenvalue weighted by molar-refractivity contribution is 6.03. The molecule has 170 valence electrons. The topological polar surface area (TPSA) is 52.6 Å². The van der Waals surface area contributed by atoms with Crippen LogP contribution in [-0.4, -0.2) is 24.6 Å². The zero-order valence-corrected chi connectivity index (χ0v) is 19.6. The summed E-state index contributed by atoms with van der Waals surface area (Å²) >= 11 is 0. The van der Waals surface area contributed by atoms with Crippen LogP contribution in [0.4, 0.5) is 0 Å². The maximum atomic E-state index is 12.5. The van der Waals surface area contributed by atoms with E-state index in [1.54, 1.807) is 24.3 Å². The highest BCUT2D eigenvalue weighted by atomic mass is 16.5. The molecular weight excluding hydrogens is 376 g/mol. The molecule has 0 spiro atoms. The van der Waals surface area contributed by atoms with Crippen molar-refractivity contribution in [1.82, 2.24) is 0 Å².